The summed E-state index contributed by atoms with van der Waals surface area (Å²) >= 11 is -1.06. The summed E-state index contributed by atoms with van der Waals surface area (Å²) in [5.41, 5.74) is 0. The zero-order valence-corrected chi connectivity index (χ0v) is 11.4. The first kappa shape index (κ1) is 17.8. The van der Waals surface area contributed by atoms with Gasteiger partial charge in [-0.25, -0.2) is 0 Å². The van der Waals surface area contributed by atoms with Gasteiger partial charge in [-0.3, -0.25) is 0 Å². The van der Waals surface area contributed by atoms with Crippen molar-refractivity contribution in [3.8, 4) is 0 Å². The van der Waals surface area contributed by atoms with E-state index in [1.807, 2.05) is 0 Å². The van der Waals surface area contributed by atoms with E-state index in [9.17, 15) is 43.9 Å². The maximum Gasteiger partial charge on any atom is 0.387 e. The third kappa shape index (κ3) is 2.70. The van der Waals surface area contributed by atoms with Crippen molar-refractivity contribution in [1.82, 2.24) is 0 Å². The molecule has 0 N–H and O–H groups in total. The molecule has 0 bridgehead atoms. The molecule has 0 heterocycles. The molecule has 12 heteroatoms. The Kier molecular flexibility index (Phi) is 4.60. The van der Waals surface area contributed by atoms with Crippen LogP contribution in [0.4, 0.5) is 43.9 Å². The van der Waals surface area contributed by atoms with Gasteiger partial charge >= 0.3 is 25.6 Å². The van der Waals surface area contributed by atoms with Crippen LogP contribution >= 0.6 is 45.2 Å². The highest BCUT2D eigenvalue weighted by Crippen LogP contribution is 2.59. The van der Waals surface area contributed by atoms with Gasteiger partial charge in [-0.15, -0.1) is 0 Å². The third-order valence-corrected chi connectivity index (χ3v) is 2.86. The van der Waals surface area contributed by atoms with Gasteiger partial charge < -0.3 is 0 Å². The minimum atomic E-state index is -6.92. The molecule has 104 valence electrons. The Balaban J connectivity index is 5.73. The van der Waals surface area contributed by atoms with Crippen molar-refractivity contribution < 1.29 is 43.9 Å². The molecule has 0 nitrogen and oxygen atoms in total. The van der Waals surface area contributed by atoms with Crippen molar-refractivity contribution in [3.05, 3.63) is 0 Å². The molecular formula is C5F10I2. The molecule has 0 rings (SSSR count). The van der Waals surface area contributed by atoms with E-state index in [-0.39, 0.29) is 0 Å². The normalized spacial score (nSPS) is 16.2. The molecule has 0 fully saturated rings. The van der Waals surface area contributed by atoms with Crippen LogP contribution in [0.25, 0.3) is 0 Å². The summed E-state index contributed by atoms with van der Waals surface area (Å²) in [7, 11) is 0. The zero-order chi connectivity index (χ0) is 14.5. The zero-order valence-electron chi connectivity index (χ0n) is 7.04. The fourth-order valence-electron chi connectivity index (χ4n) is 0.553. The highest BCUT2D eigenvalue weighted by Gasteiger charge is 2.85. The lowest BCUT2D eigenvalue weighted by molar-refractivity contribution is -0.367. The van der Waals surface area contributed by atoms with Gasteiger partial charge in [-0.2, -0.15) is 43.9 Å². The third-order valence-electron chi connectivity index (χ3n) is 1.50. The summed E-state index contributed by atoms with van der Waals surface area (Å²) in [6, 6.07) is 0. The molecule has 0 aliphatic heterocycles. The molecule has 0 unspecified atom stereocenters. The van der Waals surface area contributed by atoms with Crippen molar-refractivity contribution in [2.24, 2.45) is 0 Å². The SMILES string of the molecule is FC(F)(I)C(F)(F)C(F)(F)C(F)(F)C(F)(F)I. The minimum Gasteiger partial charge on any atom is -0.192 e. The van der Waals surface area contributed by atoms with Gasteiger partial charge in [-0.1, -0.05) is 0 Å². The van der Waals surface area contributed by atoms with Crippen LogP contribution in [0.2, 0.25) is 0 Å². The summed E-state index contributed by atoms with van der Waals surface area (Å²) in [5.74, 6) is -20.2. The van der Waals surface area contributed by atoms with Crippen LogP contribution in [-0.4, -0.2) is 25.6 Å². The first-order chi connectivity index (χ1) is 7.00. The summed E-state index contributed by atoms with van der Waals surface area (Å²) in [6.07, 6.45) is 0. The highest BCUT2D eigenvalue weighted by atomic mass is 127. The largest absolute Gasteiger partial charge is 0.387 e. The molecule has 0 radical (unpaired) electrons. The van der Waals surface area contributed by atoms with E-state index >= 15 is 0 Å². The molecule has 17 heavy (non-hydrogen) atoms. The molecular weight excluding hydrogens is 504 g/mol. The van der Waals surface area contributed by atoms with Crippen LogP contribution in [-0.2, 0) is 0 Å². The van der Waals surface area contributed by atoms with Crippen LogP contribution in [0.5, 0.6) is 0 Å². The average Bonchev–Trinajstić information content (AvgIpc) is 1.98. The van der Waals surface area contributed by atoms with Gasteiger partial charge in [0.25, 0.3) is 0 Å². The molecule has 0 saturated heterocycles. The second-order valence-electron chi connectivity index (χ2n) is 2.72. The number of hydrogen-bond donors (Lipinski definition) is 0. The monoisotopic (exact) mass is 504 g/mol. The predicted octanol–water partition coefficient (Wildman–Crippen LogP) is 4.95. The molecule has 0 atom stereocenters. The molecule has 0 spiro atoms. The Bertz CT molecular complexity index is 258. The van der Waals surface area contributed by atoms with Crippen LogP contribution in [0.1, 0.15) is 0 Å². The Labute approximate surface area is 114 Å². The molecule has 0 aliphatic carbocycles. The first-order valence-corrected chi connectivity index (χ1v) is 5.43. The number of rotatable bonds is 4. The summed E-state index contributed by atoms with van der Waals surface area (Å²) in [4.78, 5) is 0. The van der Waals surface area contributed by atoms with E-state index in [1.165, 1.54) is 0 Å². The lowest BCUT2D eigenvalue weighted by atomic mass is 10.1. The smallest absolute Gasteiger partial charge is 0.192 e. The molecule has 0 aromatic heterocycles. The summed E-state index contributed by atoms with van der Waals surface area (Å²) < 4.78 is 112. The van der Waals surface area contributed by atoms with E-state index in [0.717, 1.165) is 0 Å². The van der Waals surface area contributed by atoms with E-state index in [0.29, 0.717) is 0 Å². The molecule has 0 aromatic rings. The number of hydrogen-bond acceptors (Lipinski definition) is 0. The molecule has 0 amide bonds. The lowest BCUT2D eigenvalue weighted by Crippen LogP contribution is -2.64. The summed E-state index contributed by atoms with van der Waals surface area (Å²) in [6.45, 7) is 0. The van der Waals surface area contributed by atoms with Crippen LogP contribution in [0, 0.1) is 0 Å². The van der Waals surface area contributed by atoms with E-state index in [2.05, 4.69) is 0 Å². The highest BCUT2D eigenvalue weighted by molar-refractivity contribution is 14.1. The van der Waals surface area contributed by atoms with Crippen molar-refractivity contribution >= 4 is 45.2 Å². The lowest BCUT2D eigenvalue weighted by Gasteiger charge is -2.36. The van der Waals surface area contributed by atoms with Gasteiger partial charge in [0, 0.05) is 45.2 Å². The van der Waals surface area contributed by atoms with Crippen molar-refractivity contribution in [2.45, 2.75) is 25.6 Å². The molecule has 0 saturated carbocycles. The van der Waals surface area contributed by atoms with Gasteiger partial charge in [0.15, 0.2) is 0 Å². The van der Waals surface area contributed by atoms with Crippen molar-refractivity contribution in [3.63, 3.8) is 0 Å². The minimum absolute atomic E-state index is 0.531. The second kappa shape index (κ2) is 4.40. The van der Waals surface area contributed by atoms with Gasteiger partial charge in [-0.05, 0) is 0 Å². The quantitative estimate of drug-likeness (QED) is 0.289. The second-order valence-corrected chi connectivity index (χ2v) is 5.43. The fourth-order valence-corrected chi connectivity index (χ4v) is 1.23. The van der Waals surface area contributed by atoms with Crippen LogP contribution in [0.3, 0.4) is 0 Å². The standard InChI is InChI=1S/C5F10I2/c6-1(7,2(8,9)4(12,13)16)3(10,11)5(14,15)17. The Morgan fingerprint density at radius 1 is 0.412 bits per heavy atom. The Hall–Kier alpha value is 0.760. The van der Waals surface area contributed by atoms with E-state index in [1.54, 1.807) is 0 Å². The van der Waals surface area contributed by atoms with Gasteiger partial charge in [0.1, 0.15) is 0 Å². The van der Waals surface area contributed by atoms with Crippen molar-refractivity contribution in [1.29, 1.82) is 0 Å². The maximum atomic E-state index is 12.5. The Morgan fingerprint density at radius 2 is 0.588 bits per heavy atom. The fraction of sp³-hybridized carbons (Fsp3) is 1.00. The van der Waals surface area contributed by atoms with Crippen LogP contribution in [0.15, 0.2) is 0 Å². The topological polar surface area (TPSA) is 0 Å². The first-order valence-electron chi connectivity index (χ1n) is 3.27. The van der Waals surface area contributed by atoms with Crippen LogP contribution < -0.4 is 0 Å². The molecule has 0 aliphatic rings. The van der Waals surface area contributed by atoms with Crippen molar-refractivity contribution in [2.75, 3.05) is 0 Å². The van der Waals surface area contributed by atoms with Gasteiger partial charge in [0.2, 0.25) is 0 Å². The Morgan fingerprint density at radius 3 is 0.706 bits per heavy atom. The average molecular weight is 504 g/mol. The summed E-state index contributed by atoms with van der Waals surface area (Å²) in [5, 5.41) is 0. The van der Waals surface area contributed by atoms with Gasteiger partial charge in [0.05, 0.1) is 0 Å². The van der Waals surface area contributed by atoms with E-state index < -0.39 is 70.8 Å². The maximum absolute atomic E-state index is 12.5. The molecule has 0 aromatic carbocycles. The number of halogens is 12. The predicted molar refractivity (Wildman–Crippen MR) is 52.8 cm³/mol. The number of alkyl halides is 12. The van der Waals surface area contributed by atoms with E-state index in [4.69, 9.17) is 0 Å².